The lowest BCUT2D eigenvalue weighted by Crippen LogP contribution is -2.08. The SMILES string of the molecule is CC(=O)C(C)N=Nc1ccc(-c2nc3ccccc3s2)cc1. The van der Waals surface area contributed by atoms with Crippen molar-refractivity contribution >= 4 is 33.0 Å². The quantitative estimate of drug-likeness (QED) is 0.635. The van der Waals surface area contributed by atoms with E-state index in [-0.39, 0.29) is 5.78 Å². The normalized spacial score (nSPS) is 12.8. The van der Waals surface area contributed by atoms with Crippen LogP contribution in [0.5, 0.6) is 0 Å². The zero-order valence-corrected chi connectivity index (χ0v) is 13.2. The van der Waals surface area contributed by atoms with E-state index in [0.29, 0.717) is 0 Å². The summed E-state index contributed by atoms with van der Waals surface area (Å²) < 4.78 is 1.18. The van der Waals surface area contributed by atoms with Crippen LogP contribution in [0.4, 0.5) is 5.69 Å². The van der Waals surface area contributed by atoms with Crippen LogP contribution in [0, 0.1) is 0 Å². The van der Waals surface area contributed by atoms with Crippen LogP contribution in [0.1, 0.15) is 13.8 Å². The van der Waals surface area contributed by atoms with Gasteiger partial charge in [-0.3, -0.25) is 4.79 Å². The molecular weight excluding hydrogens is 294 g/mol. The molecule has 2 aromatic carbocycles. The zero-order valence-electron chi connectivity index (χ0n) is 12.4. The fourth-order valence-corrected chi connectivity index (χ4v) is 2.87. The van der Waals surface area contributed by atoms with Crippen LogP contribution in [-0.2, 0) is 4.79 Å². The third-order valence-corrected chi connectivity index (χ3v) is 4.43. The Morgan fingerprint density at radius 2 is 1.86 bits per heavy atom. The van der Waals surface area contributed by atoms with Gasteiger partial charge < -0.3 is 0 Å². The second kappa shape index (κ2) is 6.15. The molecule has 0 aliphatic carbocycles. The fraction of sp³-hybridized carbons (Fsp3) is 0.176. The van der Waals surface area contributed by atoms with Gasteiger partial charge in [0.1, 0.15) is 11.0 Å². The molecule has 110 valence electrons. The van der Waals surface area contributed by atoms with E-state index in [2.05, 4.69) is 21.3 Å². The van der Waals surface area contributed by atoms with Gasteiger partial charge in [0, 0.05) is 5.56 Å². The Morgan fingerprint density at radius 3 is 2.55 bits per heavy atom. The Bertz CT molecular complexity index is 803. The molecule has 0 bridgehead atoms. The molecule has 4 nitrogen and oxygen atoms in total. The summed E-state index contributed by atoms with van der Waals surface area (Å²) in [6, 6.07) is 15.4. The number of aromatic nitrogens is 1. The molecule has 0 saturated carbocycles. The van der Waals surface area contributed by atoms with E-state index in [9.17, 15) is 4.79 Å². The molecule has 1 atom stereocenters. The molecule has 0 fully saturated rings. The number of nitrogens with zero attached hydrogens (tertiary/aromatic N) is 3. The van der Waals surface area contributed by atoms with Gasteiger partial charge in [0.2, 0.25) is 0 Å². The van der Waals surface area contributed by atoms with Crippen LogP contribution in [0.2, 0.25) is 0 Å². The van der Waals surface area contributed by atoms with Crippen LogP contribution in [0.25, 0.3) is 20.8 Å². The number of ketones is 1. The molecule has 0 radical (unpaired) electrons. The molecule has 3 rings (SSSR count). The molecule has 0 spiro atoms. The molecule has 0 aliphatic heterocycles. The summed E-state index contributed by atoms with van der Waals surface area (Å²) in [7, 11) is 0. The topological polar surface area (TPSA) is 54.7 Å². The van der Waals surface area contributed by atoms with Crippen LogP contribution >= 0.6 is 11.3 Å². The number of rotatable bonds is 4. The third kappa shape index (κ3) is 3.09. The largest absolute Gasteiger partial charge is 0.298 e. The highest BCUT2D eigenvalue weighted by Gasteiger charge is 2.06. The van der Waals surface area contributed by atoms with Crippen LogP contribution in [-0.4, -0.2) is 16.8 Å². The standard InChI is InChI=1S/C17H15N3OS/c1-11(12(2)21)19-20-14-9-7-13(8-10-14)17-18-15-5-3-4-6-16(15)22-17/h3-11H,1-2H3. The lowest BCUT2D eigenvalue weighted by molar-refractivity contribution is -0.117. The number of hydrogen-bond donors (Lipinski definition) is 0. The number of para-hydroxylation sites is 1. The van der Waals surface area contributed by atoms with Crippen molar-refractivity contribution in [1.82, 2.24) is 4.98 Å². The number of carbonyl (C=O) groups excluding carboxylic acids is 1. The smallest absolute Gasteiger partial charge is 0.155 e. The Morgan fingerprint density at radius 1 is 1.14 bits per heavy atom. The first-order valence-electron chi connectivity index (χ1n) is 7.01. The van der Waals surface area contributed by atoms with Crippen molar-refractivity contribution in [3.05, 3.63) is 48.5 Å². The lowest BCUT2D eigenvalue weighted by Gasteiger charge is -1.99. The summed E-state index contributed by atoms with van der Waals surface area (Å²) in [6.07, 6.45) is 0. The van der Waals surface area contributed by atoms with Crippen molar-refractivity contribution in [2.75, 3.05) is 0 Å². The molecule has 22 heavy (non-hydrogen) atoms. The highest BCUT2D eigenvalue weighted by molar-refractivity contribution is 7.21. The van der Waals surface area contributed by atoms with Crippen molar-refractivity contribution in [2.45, 2.75) is 19.9 Å². The number of hydrogen-bond acceptors (Lipinski definition) is 5. The fourth-order valence-electron chi connectivity index (χ4n) is 1.90. The number of carbonyl (C=O) groups is 1. The van der Waals surface area contributed by atoms with E-state index in [1.165, 1.54) is 11.6 Å². The maximum absolute atomic E-state index is 11.1. The highest BCUT2D eigenvalue weighted by Crippen LogP contribution is 2.30. The van der Waals surface area contributed by atoms with Crippen molar-refractivity contribution in [1.29, 1.82) is 0 Å². The average Bonchev–Trinajstić information content (AvgIpc) is 2.97. The van der Waals surface area contributed by atoms with Gasteiger partial charge in [0.25, 0.3) is 0 Å². The minimum atomic E-state index is -0.399. The molecule has 1 heterocycles. The number of azo groups is 1. The lowest BCUT2D eigenvalue weighted by atomic mass is 10.2. The number of Topliss-reactive ketones (excluding diaryl/α,β-unsaturated/α-hetero) is 1. The summed E-state index contributed by atoms with van der Waals surface area (Å²) in [5.74, 6) is 0.00912. The van der Waals surface area contributed by atoms with Gasteiger partial charge in [0.15, 0.2) is 5.78 Å². The third-order valence-electron chi connectivity index (χ3n) is 3.34. The number of benzene rings is 2. The van der Waals surface area contributed by atoms with Gasteiger partial charge in [0.05, 0.1) is 15.9 Å². The Kier molecular flexibility index (Phi) is 4.06. The molecule has 1 aromatic heterocycles. The Hall–Kier alpha value is -2.40. The molecule has 0 aliphatic rings. The van der Waals surface area contributed by atoms with E-state index in [1.807, 2.05) is 42.5 Å². The van der Waals surface area contributed by atoms with Crippen molar-refractivity contribution in [2.24, 2.45) is 10.2 Å². The monoisotopic (exact) mass is 309 g/mol. The van der Waals surface area contributed by atoms with E-state index < -0.39 is 6.04 Å². The predicted molar refractivity (Wildman–Crippen MR) is 89.7 cm³/mol. The summed E-state index contributed by atoms with van der Waals surface area (Å²) in [5.41, 5.74) is 2.80. The van der Waals surface area contributed by atoms with Crippen molar-refractivity contribution < 1.29 is 4.79 Å². The molecule has 0 saturated heterocycles. The van der Waals surface area contributed by atoms with E-state index in [4.69, 9.17) is 0 Å². The second-order valence-electron chi connectivity index (χ2n) is 5.04. The van der Waals surface area contributed by atoms with Crippen LogP contribution in [0.15, 0.2) is 58.8 Å². The molecular formula is C17H15N3OS. The summed E-state index contributed by atoms with van der Waals surface area (Å²) >= 11 is 1.67. The van der Waals surface area contributed by atoms with E-state index >= 15 is 0 Å². The maximum atomic E-state index is 11.1. The zero-order chi connectivity index (χ0) is 15.5. The van der Waals surface area contributed by atoms with Gasteiger partial charge in [-0.25, -0.2) is 4.98 Å². The number of thiazole rings is 1. The molecule has 0 amide bonds. The minimum Gasteiger partial charge on any atom is -0.298 e. The van der Waals surface area contributed by atoms with Gasteiger partial charge in [-0.2, -0.15) is 10.2 Å². The van der Waals surface area contributed by atoms with Gasteiger partial charge in [-0.15, -0.1) is 11.3 Å². The van der Waals surface area contributed by atoms with Crippen LogP contribution < -0.4 is 0 Å². The van der Waals surface area contributed by atoms with Crippen molar-refractivity contribution in [3.63, 3.8) is 0 Å². The number of fused-ring (bicyclic) bond motifs is 1. The second-order valence-corrected chi connectivity index (χ2v) is 6.07. The average molecular weight is 309 g/mol. The van der Waals surface area contributed by atoms with Gasteiger partial charge in [-0.1, -0.05) is 12.1 Å². The molecule has 5 heteroatoms. The van der Waals surface area contributed by atoms with Gasteiger partial charge >= 0.3 is 0 Å². The van der Waals surface area contributed by atoms with Crippen LogP contribution in [0.3, 0.4) is 0 Å². The summed E-state index contributed by atoms with van der Waals surface area (Å²) in [6.45, 7) is 3.25. The van der Waals surface area contributed by atoms with E-state index in [0.717, 1.165) is 21.8 Å². The first-order chi connectivity index (χ1) is 10.6. The highest BCUT2D eigenvalue weighted by atomic mass is 32.1. The van der Waals surface area contributed by atoms with Crippen molar-refractivity contribution in [3.8, 4) is 10.6 Å². The Balaban J connectivity index is 1.83. The molecule has 0 N–H and O–H groups in total. The maximum Gasteiger partial charge on any atom is 0.155 e. The molecule has 3 aromatic rings. The summed E-state index contributed by atoms with van der Waals surface area (Å²) in [5, 5.41) is 9.07. The van der Waals surface area contributed by atoms with E-state index in [1.54, 1.807) is 18.3 Å². The Labute approximate surface area is 132 Å². The molecule has 1 unspecified atom stereocenters. The predicted octanol–water partition coefficient (Wildman–Crippen LogP) is 5.02. The minimum absolute atomic E-state index is 0.00912. The first-order valence-corrected chi connectivity index (χ1v) is 7.82. The first kappa shape index (κ1) is 14.5. The summed E-state index contributed by atoms with van der Waals surface area (Å²) in [4.78, 5) is 15.8. The van der Waals surface area contributed by atoms with Gasteiger partial charge in [-0.05, 0) is 50.2 Å².